The van der Waals surface area contributed by atoms with Gasteiger partial charge in [-0.15, -0.1) is 0 Å². The van der Waals surface area contributed by atoms with E-state index in [4.69, 9.17) is 0 Å². The van der Waals surface area contributed by atoms with Gasteiger partial charge in [0.2, 0.25) is 0 Å². The van der Waals surface area contributed by atoms with Crippen molar-refractivity contribution in [2.24, 2.45) is 0 Å². The van der Waals surface area contributed by atoms with Gasteiger partial charge in [0.05, 0.1) is 55.5 Å². The summed E-state index contributed by atoms with van der Waals surface area (Å²) in [6.45, 7) is 0. The minimum absolute atomic E-state index is 1.03. The van der Waals surface area contributed by atoms with E-state index in [-0.39, 0.29) is 0 Å². The predicted molar refractivity (Wildman–Crippen MR) is 467 cm³/mol. The predicted octanol–water partition coefficient (Wildman–Crippen LogP) is 26.9. The molecule has 8 nitrogen and oxygen atoms in total. The maximum absolute atomic E-state index is 2.54. The fourth-order valence-corrected chi connectivity index (χ4v) is 18.9. The van der Waals surface area contributed by atoms with Gasteiger partial charge in [0, 0.05) is 98.8 Å². The second kappa shape index (κ2) is 24.2. The van der Waals surface area contributed by atoms with Crippen molar-refractivity contribution in [3.63, 3.8) is 0 Å². The zero-order chi connectivity index (χ0) is 73.2. The van der Waals surface area contributed by atoms with Crippen LogP contribution in [-0.4, -0.2) is 36.5 Å². The molecule has 0 spiro atoms. The molecule has 0 aliphatic carbocycles. The summed E-state index contributed by atoms with van der Waals surface area (Å²) >= 11 is 0. The second-order valence-corrected chi connectivity index (χ2v) is 29.6. The zero-order valence-electron chi connectivity index (χ0n) is 60.7. The number of rotatable bonds is 11. The van der Waals surface area contributed by atoms with E-state index in [0.717, 1.165) is 135 Å². The standard InChI is InChI=1S/C104H66N8/c1-5-29-73(30-6-1)105-89-45-21-13-37-81(89)97-85-41-17-25-49-93(85)109(101(97)105)77-57-53-67(54-58-77)69-61-70(68-55-59-78(60-56-68)110-94-50-26-18-42-86(94)98-82-38-14-22-46-90(82)106(102(98)110)74-31-7-2-8-32-74)63-71(62-69)72-64-79(111-95-51-27-19-43-87(95)99-83-39-15-23-47-91(83)107(103(99)111)75-33-9-3-10-34-75)66-80(65-72)112-96-52-28-20-44-88(96)100-84-40-16-24-48-92(84)108(104(100)112)76-35-11-4-12-36-76/h1-66H. The van der Waals surface area contributed by atoms with Gasteiger partial charge in [0.25, 0.3) is 0 Å². The molecule has 0 radical (unpaired) electrons. The van der Waals surface area contributed by atoms with E-state index < -0.39 is 0 Å². The largest absolute Gasteiger partial charge is 0.295 e. The van der Waals surface area contributed by atoms with Gasteiger partial charge in [-0.25, -0.2) is 0 Å². The Morgan fingerprint density at radius 3 is 0.509 bits per heavy atom. The molecule has 0 N–H and O–H groups in total. The molecule has 0 aliphatic rings. The Morgan fingerprint density at radius 1 is 0.116 bits per heavy atom. The van der Waals surface area contributed by atoms with Crippen LogP contribution in [0.1, 0.15) is 0 Å². The number of para-hydroxylation sites is 12. The summed E-state index contributed by atoms with van der Waals surface area (Å²) in [6, 6.07) is 148. The third kappa shape index (κ3) is 9.00. The highest BCUT2D eigenvalue weighted by atomic mass is 15.2. The first-order chi connectivity index (χ1) is 55.6. The Balaban J connectivity index is 0.777. The second-order valence-electron chi connectivity index (χ2n) is 29.6. The van der Waals surface area contributed by atoms with E-state index in [0.29, 0.717) is 0 Å². The fourth-order valence-electron chi connectivity index (χ4n) is 18.9. The van der Waals surface area contributed by atoms with Crippen LogP contribution < -0.4 is 0 Å². The van der Waals surface area contributed by atoms with Crippen molar-refractivity contribution < 1.29 is 0 Å². The third-order valence-corrected chi connectivity index (χ3v) is 23.6. The van der Waals surface area contributed by atoms with Gasteiger partial charge in [0.1, 0.15) is 22.6 Å². The Labute approximate surface area is 643 Å². The van der Waals surface area contributed by atoms with Gasteiger partial charge in [-0.1, -0.05) is 243 Å². The summed E-state index contributed by atoms with van der Waals surface area (Å²) in [6.07, 6.45) is 0. The minimum Gasteiger partial charge on any atom is -0.295 e. The van der Waals surface area contributed by atoms with Crippen LogP contribution in [0.3, 0.4) is 0 Å². The third-order valence-electron chi connectivity index (χ3n) is 23.6. The highest BCUT2D eigenvalue weighted by Gasteiger charge is 2.29. The lowest BCUT2D eigenvalue weighted by atomic mass is 9.92. The van der Waals surface area contributed by atoms with Crippen molar-refractivity contribution in [3.05, 3.63) is 400 Å². The smallest absolute Gasteiger partial charge is 0.131 e. The van der Waals surface area contributed by atoms with E-state index >= 15 is 0 Å². The highest BCUT2D eigenvalue weighted by molar-refractivity contribution is 6.26. The molecule has 0 saturated heterocycles. The minimum atomic E-state index is 1.03. The molecule has 8 heterocycles. The lowest BCUT2D eigenvalue weighted by Crippen LogP contribution is -2.05. The van der Waals surface area contributed by atoms with Crippen molar-refractivity contribution in [2.75, 3.05) is 0 Å². The van der Waals surface area contributed by atoms with Crippen LogP contribution >= 0.6 is 0 Å². The first-order valence-electron chi connectivity index (χ1n) is 38.5. The van der Waals surface area contributed by atoms with Crippen molar-refractivity contribution >= 4 is 131 Å². The molecule has 8 heteroatoms. The first kappa shape index (κ1) is 62.0. The molecule has 0 saturated carbocycles. The molecule has 8 aromatic heterocycles. The van der Waals surface area contributed by atoms with Crippen molar-refractivity contribution in [3.8, 4) is 78.9 Å². The average molecular weight is 1430 g/mol. The van der Waals surface area contributed by atoms with Crippen LogP contribution in [0.15, 0.2) is 400 Å². The average Bonchev–Trinajstić information content (AvgIpc) is 1.56. The summed E-state index contributed by atoms with van der Waals surface area (Å²) < 4.78 is 19.9. The van der Waals surface area contributed by atoms with Crippen LogP contribution in [0.2, 0.25) is 0 Å². The molecular formula is C104H66N8. The van der Waals surface area contributed by atoms with E-state index in [1.807, 2.05) is 0 Å². The molecule has 0 fully saturated rings. The Kier molecular flexibility index (Phi) is 13.4. The molecule has 24 rings (SSSR count). The molecule has 24 aromatic rings. The number of nitrogens with zero attached hydrogens (tertiary/aromatic N) is 8. The molecule has 0 bridgehead atoms. The number of hydrogen-bond donors (Lipinski definition) is 0. The Hall–Kier alpha value is -15.1. The lowest BCUT2D eigenvalue weighted by Gasteiger charge is -2.19. The maximum atomic E-state index is 2.54. The molecule has 0 amide bonds. The van der Waals surface area contributed by atoms with Crippen LogP contribution in [0.5, 0.6) is 0 Å². The van der Waals surface area contributed by atoms with Gasteiger partial charge in [-0.2, -0.15) is 0 Å². The van der Waals surface area contributed by atoms with Crippen LogP contribution in [0.25, 0.3) is 210 Å². The summed E-state index contributed by atoms with van der Waals surface area (Å²) in [7, 11) is 0. The van der Waals surface area contributed by atoms with Crippen LogP contribution in [0, 0.1) is 0 Å². The number of benzene rings is 16. The van der Waals surface area contributed by atoms with Crippen molar-refractivity contribution in [1.29, 1.82) is 0 Å². The summed E-state index contributed by atoms with van der Waals surface area (Å²) in [4.78, 5) is 0. The van der Waals surface area contributed by atoms with E-state index in [9.17, 15) is 0 Å². The molecule has 112 heavy (non-hydrogen) atoms. The summed E-state index contributed by atoms with van der Waals surface area (Å²) in [5.41, 5.74) is 28.8. The topological polar surface area (TPSA) is 39.4 Å². The van der Waals surface area contributed by atoms with Gasteiger partial charge < -0.3 is 0 Å². The SMILES string of the molecule is c1ccc(-n2c3ccccc3c3c4ccccc4n(-c4ccc(-c5cc(-c6ccc(-n7c8ccccc8c8c9ccccc9n(-c9ccccc9)c87)cc6)cc(-c6cc(-n7c8ccccc8c8c9ccccc9n(-c9ccccc9)c87)cc(-n7c8ccccc8c8c9ccccc9n(-c9ccccc9)c87)c6)c5)cc4)c32)cc1. The monoisotopic (exact) mass is 1430 g/mol. The molecule has 0 aliphatic heterocycles. The normalized spacial score (nSPS) is 12.1. The van der Waals surface area contributed by atoms with Gasteiger partial charge in [-0.05, 0) is 191 Å². The molecule has 16 aromatic carbocycles. The Morgan fingerprint density at radius 2 is 0.286 bits per heavy atom. The summed E-state index contributed by atoms with van der Waals surface area (Å²) in [5.74, 6) is 0. The highest BCUT2D eigenvalue weighted by Crippen LogP contribution is 2.48. The van der Waals surface area contributed by atoms with Crippen LogP contribution in [0.4, 0.5) is 0 Å². The van der Waals surface area contributed by atoms with E-state index in [2.05, 4.69) is 437 Å². The number of aromatic nitrogens is 8. The molecule has 0 atom stereocenters. The number of fused-ring (bicyclic) bond motifs is 20. The Bertz CT molecular complexity index is 7490. The fraction of sp³-hybridized carbons (Fsp3) is 0. The maximum Gasteiger partial charge on any atom is 0.131 e. The van der Waals surface area contributed by atoms with Gasteiger partial charge in [0.15, 0.2) is 0 Å². The zero-order valence-corrected chi connectivity index (χ0v) is 60.7. The van der Waals surface area contributed by atoms with Gasteiger partial charge in [-0.3, -0.25) is 36.5 Å². The van der Waals surface area contributed by atoms with Crippen molar-refractivity contribution in [1.82, 2.24) is 36.5 Å². The summed E-state index contributed by atoms with van der Waals surface area (Å²) in [5, 5.41) is 14.6. The van der Waals surface area contributed by atoms with Crippen LogP contribution in [-0.2, 0) is 0 Å². The molecular weight excluding hydrogens is 1360 g/mol. The quantitative estimate of drug-likeness (QED) is 0.124. The first-order valence-corrected chi connectivity index (χ1v) is 38.5. The van der Waals surface area contributed by atoms with Gasteiger partial charge >= 0.3 is 0 Å². The number of hydrogen-bond acceptors (Lipinski definition) is 0. The van der Waals surface area contributed by atoms with E-state index in [1.165, 1.54) is 75.7 Å². The van der Waals surface area contributed by atoms with Crippen molar-refractivity contribution in [2.45, 2.75) is 0 Å². The molecule has 0 unspecified atom stereocenters. The lowest BCUT2D eigenvalue weighted by molar-refractivity contribution is 1.05. The van der Waals surface area contributed by atoms with E-state index in [1.54, 1.807) is 0 Å². The molecule has 522 valence electrons.